The van der Waals surface area contributed by atoms with E-state index in [1.54, 1.807) is 0 Å². The van der Waals surface area contributed by atoms with E-state index in [1.165, 1.54) is 51.4 Å². The van der Waals surface area contributed by atoms with Crippen LogP contribution < -0.4 is 10.6 Å². The number of rotatable bonds is 12. The Morgan fingerprint density at radius 3 is 1.50 bits per heavy atom. The largest absolute Gasteiger partial charge is 0.362 e. The van der Waals surface area contributed by atoms with E-state index in [0.717, 1.165) is 30.0 Å². The summed E-state index contributed by atoms with van der Waals surface area (Å²) in [5.74, 6) is 1.52. The molecule has 0 aliphatic carbocycles. The lowest BCUT2D eigenvalue weighted by Crippen LogP contribution is -2.40. The van der Waals surface area contributed by atoms with Gasteiger partial charge in [0.25, 0.3) is 0 Å². The van der Waals surface area contributed by atoms with Crippen LogP contribution >= 0.6 is 12.2 Å². The van der Waals surface area contributed by atoms with Crippen LogP contribution in [0, 0.1) is 11.8 Å². The molecule has 0 saturated heterocycles. The summed E-state index contributed by atoms with van der Waals surface area (Å²) in [6.45, 7) is 11.1. The van der Waals surface area contributed by atoms with E-state index in [9.17, 15) is 0 Å². The van der Waals surface area contributed by atoms with Gasteiger partial charge in [0, 0.05) is 13.1 Å². The number of thiocarbonyl (C=S) groups is 1. The molecule has 0 aromatic carbocycles. The molecule has 120 valence electrons. The minimum absolute atomic E-state index is 0.761. The van der Waals surface area contributed by atoms with Crippen molar-refractivity contribution in [2.24, 2.45) is 11.8 Å². The molecule has 0 rings (SSSR count). The van der Waals surface area contributed by atoms with Gasteiger partial charge in [0.1, 0.15) is 0 Å². The van der Waals surface area contributed by atoms with Gasteiger partial charge in [-0.1, -0.05) is 66.2 Å². The molecule has 2 unspecified atom stereocenters. The Labute approximate surface area is 132 Å². The second-order valence-corrected chi connectivity index (χ2v) is 6.33. The highest BCUT2D eigenvalue weighted by Gasteiger charge is 2.08. The summed E-state index contributed by atoms with van der Waals surface area (Å²) in [6, 6.07) is 0. The van der Waals surface area contributed by atoms with Crippen molar-refractivity contribution in [2.75, 3.05) is 13.1 Å². The molecule has 0 aromatic heterocycles. The first-order valence-electron chi connectivity index (χ1n) is 8.69. The molecule has 0 heterocycles. The number of nitrogens with one attached hydrogen (secondary N) is 2. The van der Waals surface area contributed by atoms with Crippen LogP contribution in [0.2, 0.25) is 0 Å². The van der Waals surface area contributed by atoms with E-state index in [1.807, 2.05) is 0 Å². The zero-order chi connectivity index (χ0) is 15.2. The van der Waals surface area contributed by atoms with Crippen LogP contribution in [0.4, 0.5) is 0 Å². The molecule has 3 heteroatoms. The predicted octanol–water partition coefficient (Wildman–Crippen LogP) is 4.88. The molecule has 0 aliphatic heterocycles. The summed E-state index contributed by atoms with van der Waals surface area (Å²) in [7, 11) is 0. The van der Waals surface area contributed by atoms with Crippen LogP contribution in [-0.2, 0) is 0 Å². The third-order valence-corrected chi connectivity index (χ3v) is 4.48. The predicted molar refractivity (Wildman–Crippen MR) is 95.2 cm³/mol. The van der Waals surface area contributed by atoms with E-state index >= 15 is 0 Å². The Morgan fingerprint density at radius 1 is 0.800 bits per heavy atom. The zero-order valence-corrected chi connectivity index (χ0v) is 15.0. The van der Waals surface area contributed by atoms with E-state index in [0.29, 0.717) is 0 Å². The first-order chi connectivity index (χ1) is 9.67. The molecule has 0 aliphatic rings. The lowest BCUT2D eigenvalue weighted by molar-refractivity contribution is 0.433. The van der Waals surface area contributed by atoms with Crippen molar-refractivity contribution < 1.29 is 0 Å². The molecule has 2 N–H and O–H groups in total. The first kappa shape index (κ1) is 19.7. The Hall–Kier alpha value is -0.310. The van der Waals surface area contributed by atoms with Crippen molar-refractivity contribution >= 4 is 17.3 Å². The van der Waals surface area contributed by atoms with E-state index in [-0.39, 0.29) is 0 Å². The maximum atomic E-state index is 5.39. The third kappa shape index (κ3) is 10.5. The van der Waals surface area contributed by atoms with Crippen molar-refractivity contribution in [3.63, 3.8) is 0 Å². The highest BCUT2D eigenvalue weighted by molar-refractivity contribution is 7.80. The Kier molecular flexibility index (Phi) is 13.5. The molecular weight excluding hydrogens is 264 g/mol. The van der Waals surface area contributed by atoms with E-state index in [2.05, 4.69) is 38.3 Å². The molecule has 2 atom stereocenters. The molecule has 2 nitrogen and oxygen atoms in total. The SMILES string of the molecule is CCCCC(CC)CNC(=S)NCC(CC)CCCC. The van der Waals surface area contributed by atoms with Crippen LogP contribution in [0.5, 0.6) is 0 Å². The Bertz CT molecular complexity index is 209. The van der Waals surface area contributed by atoms with Gasteiger partial charge in [-0.2, -0.15) is 0 Å². The minimum atomic E-state index is 0.761. The topological polar surface area (TPSA) is 24.1 Å². The zero-order valence-electron chi connectivity index (χ0n) is 14.1. The molecule has 0 fully saturated rings. The third-order valence-electron chi connectivity index (χ3n) is 4.19. The van der Waals surface area contributed by atoms with E-state index in [4.69, 9.17) is 12.2 Å². The highest BCUT2D eigenvalue weighted by Crippen LogP contribution is 2.12. The van der Waals surface area contributed by atoms with Gasteiger partial charge in [-0.15, -0.1) is 0 Å². The maximum Gasteiger partial charge on any atom is 0.166 e. The lowest BCUT2D eigenvalue weighted by atomic mass is 9.99. The van der Waals surface area contributed by atoms with Gasteiger partial charge in [-0.3, -0.25) is 0 Å². The van der Waals surface area contributed by atoms with Crippen molar-refractivity contribution in [3.05, 3.63) is 0 Å². The molecule has 0 radical (unpaired) electrons. The quantitative estimate of drug-likeness (QED) is 0.502. The fourth-order valence-corrected chi connectivity index (χ4v) is 2.59. The number of unbranched alkanes of at least 4 members (excludes halogenated alkanes) is 2. The minimum Gasteiger partial charge on any atom is -0.362 e. The van der Waals surface area contributed by atoms with Crippen molar-refractivity contribution in [3.8, 4) is 0 Å². The fourth-order valence-electron chi connectivity index (χ4n) is 2.42. The maximum absolute atomic E-state index is 5.39. The smallest absolute Gasteiger partial charge is 0.166 e. The summed E-state index contributed by atoms with van der Waals surface area (Å²) in [5, 5.41) is 7.64. The number of hydrogen-bond donors (Lipinski definition) is 2. The van der Waals surface area contributed by atoms with E-state index < -0.39 is 0 Å². The number of hydrogen-bond acceptors (Lipinski definition) is 1. The van der Waals surface area contributed by atoms with Gasteiger partial charge in [-0.05, 0) is 36.9 Å². The highest BCUT2D eigenvalue weighted by atomic mass is 32.1. The summed E-state index contributed by atoms with van der Waals surface area (Å²) < 4.78 is 0. The molecule has 20 heavy (non-hydrogen) atoms. The van der Waals surface area contributed by atoms with Gasteiger partial charge in [0.2, 0.25) is 0 Å². The fraction of sp³-hybridized carbons (Fsp3) is 0.941. The monoisotopic (exact) mass is 300 g/mol. The molecular formula is C17H36N2S. The summed E-state index contributed by atoms with van der Waals surface area (Å²) in [5.41, 5.74) is 0. The summed E-state index contributed by atoms with van der Waals surface area (Å²) in [6.07, 6.45) is 10.3. The van der Waals surface area contributed by atoms with Crippen LogP contribution in [-0.4, -0.2) is 18.2 Å². The Morgan fingerprint density at radius 2 is 1.20 bits per heavy atom. The van der Waals surface area contributed by atoms with Crippen molar-refractivity contribution in [1.29, 1.82) is 0 Å². The van der Waals surface area contributed by atoms with Crippen LogP contribution in [0.3, 0.4) is 0 Å². The average Bonchev–Trinajstić information content (AvgIpc) is 2.47. The lowest BCUT2D eigenvalue weighted by Gasteiger charge is -2.20. The van der Waals surface area contributed by atoms with Gasteiger partial charge in [0.15, 0.2) is 5.11 Å². The molecule has 0 aromatic rings. The van der Waals surface area contributed by atoms with Gasteiger partial charge in [0.05, 0.1) is 0 Å². The van der Waals surface area contributed by atoms with Crippen molar-refractivity contribution in [1.82, 2.24) is 10.6 Å². The second-order valence-electron chi connectivity index (χ2n) is 5.92. The van der Waals surface area contributed by atoms with Crippen molar-refractivity contribution in [2.45, 2.75) is 79.1 Å². The second kappa shape index (κ2) is 13.7. The normalized spacial score (nSPS) is 13.8. The summed E-state index contributed by atoms with van der Waals surface area (Å²) in [4.78, 5) is 0. The van der Waals surface area contributed by atoms with Crippen LogP contribution in [0.25, 0.3) is 0 Å². The van der Waals surface area contributed by atoms with Crippen LogP contribution in [0.15, 0.2) is 0 Å². The van der Waals surface area contributed by atoms with Crippen LogP contribution in [0.1, 0.15) is 79.1 Å². The molecule has 0 amide bonds. The Balaban J connectivity index is 3.80. The standard InChI is InChI=1S/C17H36N2S/c1-5-9-11-15(7-3)13-18-17(20)19-14-16(8-4)12-10-6-2/h15-16H,5-14H2,1-4H3,(H2,18,19,20). The average molecular weight is 301 g/mol. The summed E-state index contributed by atoms with van der Waals surface area (Å²) >= 11 is 5.39. The van der Waals surface area contributed by atoms with Gasteiger partial charge in [-0.25, -0.2) is 0 Å². The van der Waals surface area contributed by atoms with Gasteiger partial charge < -0.3 is 10.6 Å². The molecule has 0 spiro atoms. The first-order valence-corrected chi connectivity index (χ1v) is 9.10. The molecule has 0 bridgehead atoms. The van der Waals surface area contributed by atoms with Gasteiger partial charge >= 0.3 is 0 Å². The molecule has 0 saturated carbocycles.